The van der Waals surface area contributed by atoms with Gasteiger partial charge in [-0.05, 0) is 24.6 Å². The van der Waals surface area contributed by atoms with E-state index in [9.17, 15) is 24.8 Å². The molecule has 8 nitrogen and oxygen atoms in total. The highest BCUT2D eigenvalue weighted by Gasteiger charge is 2.38. The first-order valence-electron chi connectivity index (χ1n) is 6.58. The molecular formula is C14H12N2O6S2. The molecule has 126 valence electrons. The van der Waals surface area contributed by atoms with Gasteiger partial charge >= 0.3 is 11.7 Å². The average Bonchev–Trinajstić information content (AvgIpc) is 2.81. The Morgan fingerprint density at radius 3 is 2.79 bits per heavy atom. The van der Waals surface area contributed by atoms with Gasteiger partial charge in [-0.15, -0.1) is 0 Å². The maximum absolute atomic E-state index is 12.4. The van der Waals surface area contributed by atoms with Crippen molar-refractivity contribution in [2.75, 3.05) is 7.11 Å². The van der Waals surface area contributed by atoms with Gasteiger partial charge in [0.25, 0.3) is 5.91 Å². The first-order chi connectivity index (χ1) is 11.3. The Labute approximate surface area is 146 Å². The largest absolute Gasteiger partial charge is 0.502 e. The van der Waals surface area contributed by atoms with Crippen molar-refractivity contribution in [3.05, 3.63) is 38.8 Å². The lowest BCUT2D eigenvalue weighted by Gasteiger charge is -2.20. The molecule has 1 N–H and O–H groups in total. The van der Waals surface area contributed by atoms with E-state index >= 15 is 0 Å². The molecule has 1 fully saturated rings. The minimum absolute atomic E-state index is 0.192. The third-order valence-corrected chi connectivity index (χ3v) is 4.58. The van der Waals surface area contributed by atoms with E-state index in [2.05, 4.69) is 4.74 Å². The summed E-state index contributed by atoms with van der Waals surface area (Å²) in [6.45, 7) is 1.49. The van der Waals surface area contributed by atoms with Gasteiger partial charge in [-0.1, -0.05) is 30.0 Å². The van der Waals surface area contributed by atoms with E-state index in [1.54, 1.807) is 0 Å². The van der Waals surface area contributed by atoms with Gasteiger partial charge in [0.05, 0.1) is 16.9 Å². The van der Waals surface area contributed by atoms with Crippen molar-refractivity contribution in [3.63, 3.8) is 0 Å². The van der Waals surface area contributed by atoms with Gasteiger partial charge in [-0.2, -0.15) is 0 Å². The summed E-state index contributed by atoms with van der Waals surface area (Å²) in [6, 6.07) is 2.87. The number of phenolic OH excluding ortho intramolecular Hbond substituents is 1. The Morgan fingerprint density at radius 2 is 2.21 bits per heavy atom. The van der Waals surface area contributed by atoms with Crippen molar-refractivity contribution < 1.29 is 24.4 Å². The number of thiocarbonyl (C=S) groups is 1. The van der Waals surface area contributed by atoms with Gasteiger partial charge in [0.2, 0.25) is 0 Å². The Kier molecular flexibility index (Phi) is 5.20. The predicted molar refractivity (Wildman–Crippen MR) is 91.3 cm³/mol. The molecule has 1 saturated heterocycles. The number of aromatic hydroxyl groups is 1. The van der Waals surface area contributed by atoms with Crippen LogP contribution in [0.2, 0.25) is 0 Å². The van der Waals surface area contributed by atoms with Crippen LogP contribution >= 0.6 is 24.0 Å². The summed E-state index contributed by atoms with van der Waals surface area (Å²) in [5.74, 6) is -1.56. The van der Waals surface area contributed by atoms with Crippen LogP contribution in [0.4, 0.5) is 5.69 Å². The fourth-order valence-corrected chi connectivity index (χ4v) is 3.44. The molecule has 1 aliphatic heterocycles. The number of benzene rings is 1. The smallest absolute Gasteiger partial charge is 0.328 e. The van der Waals surface area contributed by atoms with E-state index in [4.69, 9.17) is 12.2 Å². The molecule has 1 atom stereocenters. The quantitative estimate of drug-likeness (QED) is 0.283. The zero-order chi connectivity index (χ0) is 18.0. The second kappa shape index (κ2) is 6.97. The van der Waals surface area contributed by atoms with Gasteiger partial charge < -0.3 is 9.84 Å². The Bertz CT molecular complexity index is 777. The Balaban J connectivity index is 2.34. The molecule has 0 unspecified atom stereocenters. The lowest BCUT2D eigenvalue weighted by atomic mass is 10.1. The van der Waals surface area contributed by atoms with Crippen LogP contribution in [0, 0.1) is 10.1 Å². The molecule has 10 heteroatoms. The Hall–Kier alpha value is -2.46. The summed E-state index contributed by atoms with van der Waals surface area (Å²) in [5.41, 5.74) is -0.118. The highest BCUT2D eigenvalue weighted by atomic mass is 32.2. The number of rotatable bonds is 4. The molecule has 0 bridgehead atoms. The number of carbonyl (C=O) groups is 2. The van der Waals surface area contributed by atoms with E-state index in [0.29, 0.717) is 5.56 Å². The maximum Gasteiger partial charge on any atom is 0.328 e. The van der Waals surface area contributed by atoms with Crippen LogP contribution in [0.5, 0.6) is 5.75 Å². The van der Waals surface area contributed by atoms with Crippen LogP contribution in [0.3, 0.4) is 0 Å². The number of ether oxygens (including phenoxy) is 1. The van der Waals surface area contributed by atoms with E-state index < -0.39 is 34.3 Å². The van der Waals surface area contributed by atoms with E-state index in [1.807, 2.05) is 0 Å². The summed E-state index contributed by atoms with van der Waals surface area (Å²) in [5, 5.41) is 20.3. The molecule has 1 aromatic carbocycles. The fraction of sp³-hybridized carbons (Fsp3) is 0.214. The van der Waals surface area contributed by atoms with Crippen molar-refractivity contribution in [1.82, 2.24) is 4.90 Å². The van der Waals surface area contributed by atoms with Crippen LogP contribution in [-0.2, 0) is 14.3 Å². The number of thioether (sulfide) groups is 1. The van der Waals surface area contributed by atoms with Crippen LogP contribution in [-0.4, -0.2) is 44.3 Å². The number of nitro groups is 1. The number of hydrogen-bond donors (Lipinski definition) is 1. The van der Waals surface area contributed by atoms with Crippen molar-refractivity contribution in [3.8, 4) is 5.75 Å². The third-order valence-electron chi connectivity index (χ3n) is 3.25. The predicted octanol–water partition coefficient (Wildman–Crippen LogP) is 2.06. The van der Waals surface area contributed by atoms with Gasteiger partial charge in [0.15, 0.2) is 5.75 Å². The molecule has 0 saturated carbocycles. The van der Waals surface area contributed by atoms with E-state index in [0.717, 1.165) is 22.7 Å². The zero-order valence-corrected chi connectivity index (χ0v) is 14.2. The summed E-state index contributed by atoms with van der Waals surface area (Å²) >= 11 is 6.09. The first-order valence-corrected chi connectivity index (χ1v) is 7.81. The third kappa shape index (κ3) is 3.39. The number of methoxy groups -OCH3 is 1. The van der Waals surface area contributed by atoms with Gasteiger partial charge in [0, 0.05) is 6.07 Å². The topological polar surface area (TPSA) is 110 Å². The minimum atomic E-state index is -0.873. The second-order valence-electron chi connectivity index (χ2n) is 4.76. The van der Waals surface area contributed by atoms with Crippen LogP contribution in [0.25, 0.3) is 6.08 Å². The molecule has 1 aliphatic rings. The maximum atomic E-state index is 12.4. The van der Waals surface area contributed by atoms with Gasteiger partial charge in [-0.3, -0.25) is 19.8 Å². The molecule has 0 radical (unpaired) electrons. The minimum Gasteiger partial charge on any atom is -0.502 e. The second-order valence-corrected chi connectivity index (χ2v) is 6.43. The number of hydrogen-bond acceptors (Lipinski definition) is 8. The number of nitrogens with zero attached hydrogens (tertiary/aromatic N) is 2. The standard InChI is InChI=1S/C14H12N2O6S2/c1-7(13(19)22-2)15-12(18)11(24-14(15)23)6-8-3-4-10(17)9(5-8)16(20)21/h3-7,17H,1-2H3/b11-6-/t7-/m0/s1. The van der Waals surface area contributed by atoms with E-state index in [-0.39, 0.29) is 9.23 Å². The fourth-order valence-electron chi connectivity index (χ4n) is 2.02. The van der Waals surface area contributed by atoms with Crippen molar-refractivity contribution >= 4 is 51.9 Å². The molecule has 0 aromatic heterocycles. The monoisotopic (exact) mass is 368 g/mol. The molecule has 1 amide bonds. The highest BCUT2D eigenvalue weighted by molar-refractivity contribution is 8.26. The molecule has 1 heterocycles. The molecule has 1 aromatic rings. The molecule has 0 aliphatic carbocycles. The summed E-state index contributed by atoms with van der Waals surface area (Å²) in [4.78, 5) is 35.5. The van der Waals surface area contributed by atoms with Crippen molar-refractivity contribution in [1.29, 1.82) is 0 Å². The Morgan fingerprint density at radius 1 is 1.54 bits per heavy atom. The van der Waals surface area contributed by atoms with Gasteiger partial charge in [-0.25, -0.2) is 4.79 Å². The lowest BCUT2D eigenvalue weighted by molar-refractivity contribution is -0.385. The molecule has 2 rings (SSSR count). The number of nitro benzene ring substituents is 1. The highest BCUT2D eigenvalue weighted by Crippen LogP contribution is 2.35. The number of esters is 1. The molecule has 24 heavy (non-hydrogen) atoms. The average molecular weight is 368 g/mol. The molecule has 0 spiro atoms. The van der Waals surface area contributed by atoms with Gasteiger partial charge in [0.1, 0.15) is 10.4 Å². The first kappa shape index (κ1) is 17.9. The summed E-state index contributed by atoms with van der Waals surface area (Å²) in [7, 11) is 1.21. The van der Waals surface area contributed by atoms with Crippen molar-refractivity contribution in [2.45, 2.75) is 13.0 Å². The normalized spacial score (nSPS) is 17.2. The van der Waals surface area contributed by atoms with E-state index in [1.165, 1.54) is 32.2 Å². The summed E-state index contributed by atoms with van der Waals surface area (Å²) in [6.07, 6.45) is 1.41. The van der Waals surface area contributed by atoms with Crippen LogP contribution in [0.15, 0.2) is 23.1 Å². The van der Waals surface area contributed by atoms with Crippen LogP contribution in [0.1, 0.15) is 12.5 Å². The summed E-state index contributed by atoms with van der Waals surface area (Å²) < 4.78 is 4.80. The molecular weight excluding hydrogens is 356 g/mol. The lowest BCUT2D eigenvalue weighted by Crippen LogP contribution is -2.42. The number of carbonyl (C=O) groups excluding carboxylic acids is 2. The SMILES string of the molecule is COC(=O)[C@H](C)N1C(=O)/C(=C/c2ccc(O)c([N+](=O)[O-])c2)SC1=S. The zero-order valence-electron chi connectivity index (χ0n) is 12.6. The van der Waals surface area contributed by atoms with Crippen molar-refractivity contribution in [2.24, 2.45) is 0 Å². The van der Waals surface area contributed by atoms with Crippen LogP contribution < -0.4 is 0 Å². The number of phenols is 1. The number of amides is 1.